The third-order valence-corrected chi connectivity index (χ3v) is 3.32. The standard InChI is InChI=1S/C14H27NO/c1-4-6-10-16-11-9-14(3,5-2)12-15-13-7-8-13/h5,13,15H,2,4,6-12H2,1,3H3. The van der Waals surface area contributed by atoms with Gasteiger partial charge in [-0.1, -0.05) is 26.3 Å². The molecule has 1 aliphatic carbocycles. The minimum atomic E-state index is 0.189. The molecule has 16 heavy (non-hydrogen) atoms. The molecule has 0 saturated heterocycles. The summed E-state index contributed by atoms with van der Waals surface area (Å²) in [6.07, 6.45) is 8.22. The molecular formula is C14H27NO. The second-order valence-electron chi connectivity index (χ2n) is 5.23. The quantitative estimate of drug-likeness (QED) is 0.455. The van der Waals surface area contributed by atoms with Gasteiger partial charge in [0, 0.05) is 25.8 Å². The van der Waals surface area contributed by atoms with Crippen molar-refractivity contribution in [2.45, 2.75) is 52.0 Å². The van der Waals surface area contributed by atoms with Gasteiger partial charge in [0.05, 0.1) is 0 Å². The van der Waals surface area contributed by atoms with Crippen LogP contribution < -0.4 is 5.32 Å². The number of nitrogens with one attached hydrogen (secondary N) is 1. The van der Waals surface area contributed by atoms with Crippen LogP contribution in [0.4, 0.5) is 0 Å². The van der Waals surface area contributed by atoms with Crippen LogP contribution in [0.1, 0.15) is 46.0 Å². The lowest BCUT2D eigenvalue weighted by Crippen LogP contribution is -2.32. The maximum atomic E-state index is 5.62. The first kappa shape index (κ1) is 13.7. The van der Waals surface area contributed by atoms with Crippen LogP contribution in [0, 0.1) is 5.41 Å². The first-order valence-corrected chi connectivity index (χ1v) is 6.65. The number of unbranched alkanes of at least 4 members (excludes halogenated alkanes) is 1. The zero-order chi connectivity index (χ0) is 11.9. The highest BCUT2D eigenvalue weighted by atomic mass is 16.5. The molecule has 0 heterocycles. The van der Waals surface area contributed by atoms with Crippen molar-refractivity contribution in [3.63, 3.8) is 0 Å². The van der Waals surface area contributed by atoms with Crippen LogP contribution in [0.15, 0.2) is 12.7 Å². The summed E-state index contributed by atoms with van der Waals surface area (Å²) < 4.78 is 5.62. The second kappa shape index (κ2) is 7.08. The fourth-order valence-electron chi connectivity index (χ4n) is 1.58. The first-order chi connectivity index (χ1) is 7.70. The lowest BCUT2D eigenvalue weighted by molar-refractivity contribution is 0.107. The third kappa shape index (κ3) is 5.66. The average Bonchev–Trinajstić information content (AvgIpc) is 3.10. The van der Waals surface area contributed by atoms with E-state index in [-0.39, 0.29) is 5.41 Å². The summed E-state index contributed by atoms with van der Waals surface area (Å²) in [5.41, 5.74) is 0.189. The minimum Gasteiger partial charge on any atom is -0.381 e. The Morgan fingerprint density at radius 1 is 1.44 bits per heavy atom. The van der Waals surface area contributed by atoms with Crippen molar-refractivity contribution < 1.29 is 4.74 Å². The summed E-state index contributed by atoms with van der Waals surface area (Å²) in [4.78, 5) is 0. The van der Waals surface area contributed by atoms with Crippen molar-refractivity contribution >= 4 is 0 Å². The van der Waals surface area contributed by atoms with Gasteiger partial charge in [-0.05, 0) is 31.1 Å². The summed E-state index contributed by atoms with van der Waals surface area (Å²) in [6, 6.07) is 0.778. The molecule has 1 fully saturated rings. The molecule has 0 bridgehead atoms. The number of hydrogen-bond donors (Lipinski definition) is 1. The molecule has 0 aromatic heterocycles. The molecule has 0 radical (unpaired) electrons. The highest BCUT2D eigenvalue weighted by Crippen LogP contribution is 2.25. The highest BCUT2D eigenvalue weighted by molar-refractivity contribution is 4.95. The van der Waals surface area contributed by atoms with E-state index in [1.165, 1.54) is 25.7 Å². The Morgan fingerprint density at radius 3 is 2.75 bits per heavy atom. The molecule has 1 aliphatic rings. The zero-order valence-corrected chi connectivity index (χ0v) is 10.9. The Labute approximate surface area is 100 Å². The average molecular weight is 225 g/mol. The lowest BCUT2D eigenvalue weighted by Gasteiger charge is -2.26. The fraction of sp³-hybridized carbons (Fsp3) is 0.857. The van der Waals surface area contributed by atoms with Crippen molar-refractivity contribution in [1.82, 2.24) is 5.32 Å². The predicted molar refractivity (Wildman–Crippen MR) is 69.7 cm³/mol. The van der Waals surface area contributed by atoms with E-state index in [4.69, 9.17) is 4.74 Å². The highest BCUT2D eigenvalue weighted by Gasteiger charge is 2.26. The second-order valence-corrected chi connectivity index (χ2v) is 5.23. The van der Waals surface area contributed by atoms with Crippen LogP contribution in [0.3, 0.4) is 0 Å². The van der Waals surface area contributed by atoms with Gasteiger partial charge in [-0.15, -0.1) is 6.58 Å². The third-order valence-electron chi connectivity index (χ3n) is 3.32. The zero-order valence-electron chi connectivity index (χ0n) is 10.9. The normalized spacial score (nSPS) is 19.4. The Balaban J connectivity index is 2.09. The number of ether oxygens (including phenoxy) is 1. The maximum absolute atomic E-state index is 5.62. The summed E-state index contributed by atoms with van der Waals surface area (Å²) in [5.74, 6) is 0. The monoisotopic (exact) mass is 225 g/mol. The van der Waals surface area contributed by atoms with Crippen LogP contribution in [0.25, 0.3) is 0 Å². The van der Waals surface area contributed by atoms with E-state index in [0.29, 0.717) is 0 Å². The Hall–Kier alpha value is -0.340. The summed E-state index contributed by atoms with van der Waals surface area (Å²) >= 11 is 0. The van der Waals surface area contributed by atoms with Gasteiger partial charge in [-0.2, -0.15) is 0 Å². The van der Waals surface area contributed by atoms with Gasteiger partial charge in [0.15, 0.2) is 0 Å². The molecule has 1 unspecified atom stereocenters. The molecule has 94 valence electrons. The molecule has 1 atom stereocenters. The van der Waals surface area contributed by atoms with E-state index >= 15 is 0 Å². The fourth-order valence-corrected chi connectivity index (χ4v) is 1.58. The van der Waals surface area contributed by atoms with Crippen LogP contribution in [0.2, 0.25) is 0 Å². The summed E-state index contributed by atoms with van der Waals surface area (Å²) in [7, 11) is 0. The smallest absolute Gasteiger partial charge is 0.0474 e. The van der Waals surface area contributed by atoms with Crippen molar-refractivity contribution in [1.29, 1.82) is 0 Å². The number of rotatable bonds is 10. The van der Waals surface area contributed by atoms with Gasteiger partial charge in [0.1, 0.15) is 0 Å². The van der Waals surface area contributed by atoms with Crippen molar-refractivity contribution in [3.8, 4) is 0 Å². The van der Waals surface area contributed by atoms with Gasteiger partial charge in [0.2, 0.25) is 0 Å². The van der Waals surface area contributed by atoms with E-state index in [9.17, 15) is 0 Å². The van der Waals surface area contributed by atoms with Gasteiger partial charge in [0.25, 0.3) is 0 Å². The van der Waals surface area contributed by atoms with Crippen LogP contribution in [0.5, 0.6) is 0 Å². The molecule has 0 amide bonds. The van der Waals surface area contributed by atoms with Crippen molar-refractivity contribution in [2.75, 3.05) is 19.8 Å². The molecule has 1 rings (SSSR count). The summed E-state index contributed by atoms with van der Waals surface area (Å²) in [5, 5.41) is 3.57. The van der Waals surface area contributed by atoms with Crippen molar-refractivity contribution in [2.24, 2.45) is 5.41 Å². The Kier molecular flexibility index (Phi) is 6.07. The van der Waals surface area contributed by atoms with E-state index in [1.54, 1.807) is 0 Å². The van der Waals surface area contributed by atoms with Gasteiger partial charge < -0.3 is 10.1 Å². The van der Waals surface area contributed by atoms with Crippen molar-refractivity contribution in [3.05, 3.63) is 12.7 Å². The molecule has 1 N–H and O–H groups in total. The summed E-state index contributed by atoms with van der Waals surface area (Å²) in [6.45, 7) is 11.2. The number of hydrogen-bond acceptors (Lipinski definition) is 2. The van der Waals surface area contributed by atoms with E-state index < -0.39 is 0 Å². The first-order valence-electron chi connectivity index (χ1n) is 6.65. The van der Waals surface area contributed by atoms with Gasteiger partial charge in [-0.25, -0.2) is 0 Å². The molecule has 0 aromatic carbocycles. The largest absolute Gasteiger partial charge is 0.381 e. The van der Waals surface area contributed by atoms with Crippen LogP contribution in [-0.2, 0) is 4.74 Å². The Morgan fingerprint density at radius 2 is 2.19 bits per heavy atom. The predicted octanol–water partition coefficient (Wildman–Crippen LogP) is 3.14. The van der Waals surface area contributed by atoms with E-state index in [0.717, 1.165) is 32.2 Å². The molecule has 0 aliphatic heterocycles. The molecule has 0 aromatic rings. The van der Waals surface area contributed by atoms with E-state index in [1.807, 2.05) is 0 Å². The molecule has 2 nitrogen and oxygen atoms in total. The molecule has 0 spiro atoms. The van der Waals surface area contributed by atoms with Crippen LogP contribution in [-0.4, -0.2) is 25.8 Å². The van der Waals surface area contributed by atoms with E-state index in [2.05, 4.69) is 31.8 Å². The molecular weight excluding hydrogens is 198 g/mol. The lowest BCUT2D eigenvalue weighted by atomic mass is 9.87. The SMILES string of the molecule is C=CC(C)(CCOCCCC)CNC1CC1. The minimum absolute atomic E-state index is 0.189. The molecule has 2 heteroatoms. The topological polar surface area (TPSA) is 21.3 Å². The van der Waals surface area contributed by atoms with Crippen LogP contribution >= 0.6 is 0 Å². The Bertz CT molecular complexity index is 201. The van der Waals surface area contributed by atoms with Gasteiger partial charge >= 0.3 is 0 Å². The molecule has 1 saturated carbocycles. The van der Waals surface area contributed by atoms with Gasteiger partial charge in [-0.3, -0.25) is 0 Å². The maximum Gasteiger partial charge on any atom is 0.0474 e.